The third kappa shape index (κ3) is 3.37. The van der Waals surface area contributed by atoms with Gasteiger partial charge in [-0.15, -0.1) is 0 Å². The first-order valence-corrected chi connectivity index (χ1v) is 4.72. The lowest BCUT2D eigenvalue weighted by molar-refractivity contribution is 0.967. The number of nitrogens with zero attached hydrogens (tertiary/aromatic N) is 2. The first kappa shape index (κ1) is 8.53. The summed E-state index contributed by atoms with van der Waals surface area (Å²) in [6, 6.07) is 3.92. The average Bonchev–Trinajstić information content (AvgIpc) is 2.03. The molecule has 0 amide bonds. The Morgan fingerprint density at radius 2 is 2.36 bits per heavy atom. The van der Waals surface area contributed by atoms with Gasteiger partial charge in [0, 0.05) is 11.9 Å². The number of rotatable bonds is 3. The van der Waals surface area contributed by atoms with E-state index in [-0.39, 0.29) is 0 Å². The van der Waals surface area contributed by atoms with Gasteiger partial charge in [0.25, 0.3) is 0 Å². The summed E-state index contributed by atoms with van der Waals surface area (Å²) in [5, 5.41) is 8.44. The summed E-state index contributed by atoms with van der Waals surface area (Å²) in [4.78, 5) is 0. The van der Waals surface area contributed by atoms with Crippen LogP contribution in [-0.4, -0.2) is 15.4 Å². The Hall–Kier alpha value is -0.570. The van der Waals surface area contributed by atoms with Crippen LogP contribution in [0.25, 0.3) is 0 Å². The molecular weight excluding hydrogens is 156 g/mol. The van der Waals surface area contributed by atoms with Crippen molar-refractivity contribution in [2.75, 3.05) is 0 Å². The van der Waals surface area contributed by atoms with Crippen LogP contribution in [0.15, 0.2) is 18.3 Å². The summed E-state index contributed by atoms with van der Waals surface area (Å²) in [6.07, 6.45) is 1.70. The predicted octanol–water partition coefficient (Wildman–Crippen LogP) is 2.12. The Morgan fingerprint density at radius 3 is 2.91 bits per heavy atom. The SMILES string of the molecule is CC(C)SCc1cccnn1. The van der Waals surface area contributed by atoms with Crippen molar-refractivity contribution in [2.45, 2.75) is 24.9 Å². The lowest BCUT2D eigenvalue weighted by Gasteiger charge is -2.01. The lowest BCUT2D eigenvalue weighted by atomic mass is 10.4. The topological polar surface area (TPSA) is 25.8 Å². The fraction of sp³-hybridized carbons (Fsp3) is 0.500. The molecule has 1 aromatic heterocycles. The maximum absolute atomic E-state index is 3.98. The fourth-order valence-electron chi connectivity index (χ4n) is 0.662. The molecule has 0 atom stereocenters. The minimum absolute atomic E-state index is 0.664. The highest BCUT2D eigenvalue weighted by molar-refractivity contribution is 7.99. The van der Waals surface area contributed by atoms with E-state index in [2.05, 4.69) is 24.0 Å². The van der Waals surface area contributed by atoms with Gasteiger partial charge in [0.1, 0.15) is 0 Å². The highest BCUT2D eigenvalue weighted by atomic mass is 32.2. The van der Waals surface area contributed by atoms with E-state index in [1.807, 2.05) is 23.9 Å². The van der Waals surface area contributed by atoms with E-state index in [4.69, 9.17) is 0 Å². The van der Waals surface area contributed by atoms with Gasteiger partial charge in [-0.2, -0.15) is 22.0 Å². The molecule has 0 spiro atoms. The van der Waals surface area contributed by atoms with Gasteiger partial charge in [-0.25, -0.2) is 0 Å². The van der Waals surface area contributed by atoms with Crippen molar-refractivity contribution in [3.8, 4) is 0 Å². The molecule has 0 radical (unpaired) electrons. The molecule has 0 bridgehead atoms. The molecule has 0 fully saturated rings. The van der Waals surface area contributed by atoms with Gasteiger partial charge in [0.15, 0.2) is 0 Å². The molecular formula is C8H12N2S. The van der Waals surface area contributed by atoms with Crippen LogP contribution < -0.4 is 0 Å². The van der Waals surface area contributed by atoms with Crippen LogP contribution in [0.3, 0.4) is 0 Å². The Bertz CT molecular complexity index is 199. The van der Waals surface area contributed by atoms with Crippen molar-refractivity contribution < 1.29 is 0 Å². The second-order valence-corrected chi connectivity index (χ2v) is 4.14. The molecule has 0 saturated carbocycles. The predicted molar refractivity (Wildman–Crippen MR) is 48.5 cm³/mol. The van der Waals surface area contributed by atoms with Gasteiger partial charge >= 0.3 is 0 Å². The number of hydrogen-bond donors (Lipinski definition) is 0. The van der Waals surface area contributed by atoms with E-state index >= 15 is 0 Å². The minimum Gasteiger partial charge on any atom is -0.159 e. The zero-order chi connectivity index (χ0) is 8.10. The molecule has 0 N–H and O–H groups in total. The summed E-state index contributed by atoms with van der Waals surface area (Å²) in [6.45, 7) is 4.36. The number of hydrogen-bond acceptors (Lipinski definition) is 3. The van der Waals surface area contributed by atoms with Gasteiger partial charge in [0.05, 0.1) is 5.69 Å². The molecule has 0 unspecified atom stereocenters. The normalized spacial score (nSPS) is 10.5. The van der Waals surface area contributed by atoms with Crippen LogP contribution in [0.4, 0.5) is 0 Å². The van der Waals surface area contributed by atoms with E-state index in [0.29, 0.717) is 5.25 Å². The summed E-state index contributed by atoms with van der Waals surface area (Å²) in [5.41, 5.74) is 1.06. The van der Waals surface area contributed by atoms with E-state index in [1.165, 1.54) is 0 Å². The molecule has 0 saturated heterocycles. The number of thioether (sulfide) groups is 1. The third-order valence-corrected chi connectivity index (χ3v) is 2.32. The molecule has 2 nitrogen and oxygen atoms in total. The van der Waals surface area contributed by atoms with E-state index < -0.39 is 0 Å². The van der Waals surface area contributed by atoms with Crippen LogP contribution in [-0.2, 0) is 5.75 Å². The second kappa shape index (κ2) is 4.34. The van der Waals surface area contributed by atoms with Gasteiger partial charge in [-0.3, -0.25) is 0 Å². The van der Waals surface area contributed by atoms with Crippen molar-refractivity contribution in [1.29, 1.82) is 0 Å². The summed E-state index contributed by atoms with van der Waals surface area (Å²) >= 11 is 1.88. The quantitative estimate of drug-likeness (QED) is 0.691. The molecule has 0 aliphatic heterocycles. The van der Waals surface area contributed by atoms with Crippen LogP contribution >= 0.6 is 11.8 Å². The Kier molecular flexibility index (Phi) is 3.36. The maximum atomic E-state index is 3.98. The zero-order valence-corrected chi connectivity index (χ0v) is 7.64. The van der Waals surface area contributed by atoms with Crippen molar-refractivity contribution >= 4 is 11.8 Å². The summed E-state index contributed by atoms with van der Waals surface area (Å²) in [7, 11) is 0. The van der Waals surface area contributed by atoms with Crippen molar-refractivity contribution in [1.82, 2.24) is 10.2 Å². The van der Waals surface area contributed by atoms with E-state index in [9.17, 15) is 0 Å². The number of aromatic nitrogens is 2. The second-order valence-electron chi connectivity index (χ2n) is 2.57. The highest BCUT2D eigenvalue weighted by Crippen LogP contribution is 2.14. The Labute approximate surface area is 71.4 Å². The van der Waals surface area contributed by atoms with Gasteiger partial charge in [-0.05, 0) is 17.4 Å². The maximum Gasteiger partial charge on any atom is 0.0730 e. The molecule has 1 heterocycles. The van der Waals surface area contributed by atoms with Crippen molar-refractivity contribution in [3.05, 3.63) is 24.0 Å². The molecule has 0 aromatic carbocycles. The first-order valence-electron chi connectivity index (χ1n) is 3.67. The first-order chi connectivity index (χ1) is 5.29. The van der Waals surface area contributed by atoms with Gasteiger partial charge < -0.3 is 0 Å². The Balaban J connectivity index is 2.39. The third-order valence-electron chi connectivity index (χ3n) is 1.19. The zero-order valence-electron chi connectivity index (χ0n) is 6.82. The van der Waals surface area contributed by atoms with Crippen LogP contribution in [0.1, 0.15) is 19.5 Å². The van der Waals surface area contributed by atoms with E-state index in [0.717, 1.165) is 11.4 Å². The average molecular weight is 168 g/mol. The van der Waals surface area contributed by atoms with E-state index in [1.54, 1.807) is 6.20 Å². The molecule has 60 valence electrons. The largest absolute Gasteiger partial charge is 0.159 e. The molecule has 0 aliphatic carbocycles. The van der Waals surface area contributed by atoms with Crippen LogP contribution in [0.5, 0.6) is 0 Å². The fourth-order valence-corrected chi connectivity index (χ4v) is 1.32. The van der Waals surface area contributed by atoms with Crippen molar-refractivity contribution in [2.24, 2.45) is 0 Å². The lowest BCUT2D eigenvalue weighted by Crippen LogP contribution is -1.92. The molecule has 11 heavy (non-hydrogen) atoms. The molecule has 1 aromatic rings. The summed E-state index contributed by atoms with van der Waals surface area (Å²) < 4.78 is 0. The molecule has 3 heteroatoms. The monoisotopic (exact) mass is 168 g/mol. The summed E-state index contributed by atoms with van der Waals surface area (Å²) in [5.74, 6) is 0.964. The Morgan fingerprint density at radius 1 is 1.55 bits per heavy atom. The van der Waals surface area contributed by atoms with Gasteiger partial charge in [0.2, 0.25) is 0 Å². The van der Waals surface area contributed by atoms with Crippen LogP contribution in [0, 0.1) is 0 Å². The van der Waals surface area contributed by atoms with Crippen molar-refractivity contribution in [3.63, 3.8) is 0 Å². The highest BCUT2D eigenvalue weighted by Gasteiger charge is 1.96. The molecule has 1 rings (SSSR count). The van der Waals surface area contributed by atoms with Crippen LogP contribution in [0.2, 0.25) is 0 Å². The smallest absolute Gasteiger partial charge is 0.0730 e. The van der Waals surface area contributed by atoms with Gasteiger partial charge in [-0.1, -0.05) is 13.8 Å². The standard InChI is InChI=1S/C8H12N2S/c1-7(2)11-6-8-4-3-5-9-10-8/h3-5,7H,6H2,1-2H3. The minimum atomic E-state index is 0.664. The molecule has 0 aliphatic rings.